The van der Waals surface area contributed by atoms with Gasteiger partial charge in [-0.3, -0.25) is 5.10 Å². The fourth-order valence-electron chi connectivity index (χ4n) is 10.3. The van der Waals surface area contributed by atoms with Crippen LogP contribution in [0.2, 0.25) is 0 Å². The SMILES string of the molecule is CC1(C)C2=C(C=CCC2)c2ccc(-c3nc(N4c5ccccc5C5=CC=C(C6=C7C(=CCC6)C6C=CC=CC6C7(C)C)CC54)n[nH]3)cc21. The molecule has 1 aliphatic heterocycles. The molecule has 1 saturated carbocycles. The van der Waals surface area contributed by atoms with Crippen LogP contribution in [0.3, 0.4) is 0 Å². The van der Waals surface area contributed by atoms with Crippen molar-refractivity contribution in [3.63, 3.8) is 0 Å². The van der Waals surface area contributed by atoms with Crippen LogP contribution < -0.4 is 4.90 Å². The van der Waals surface area contributed by atoms with Crippen molar-refractivity contribution in [2.45, 2.75) is 71.3 Å². The number of hydrogen-bond acceptors (Lipinski definition) is 3. The van der Waals surface area contributed by atoms with E-state index in [1.807, 2.05) is 0 Å². The van der Waals surface area contributed by atoms with E-state index in [0.29, 0.717) is 11.8 Å². The van der Waals surface area contributed by atoms with Gasteiger partial charge in [0.1, 0.15) is 0 Å². The van der Waals surface area contributed by atoms with Gasteiger partial charge in [-0.1, -0.05) is 118 Å². The molecule has 2 heterocycles. The number of benzene rings is 2. The molecule has 238 valence electrons. The van der Waals surface area contributed by atoms with Crippen LogP contribution in [0.5, 0.6) is 0 Å². The molecule has 1 aromatic heterocycles. The van der Waals surface area contributed by atoms with Gasteiger partial charge in [0.15, 0.2) is 5.82 Å². The minimum absolute atomic E-state index is 0.0226. The van der Waals surface area contributed by atoms with E-state index < -0.39 is 0 Å². The summed E-state index contributed by atoms with van der Waals surface area (Å²) in [4.78, 5) is 7.62. The lowest BCUT2D eigenvalue weighted by Gasteiger charge is -2.34. The first-order valence-corrected chi connectivity index (χ1v) is 17.9. The number of anilines is 2. The van der Waals surface area contributed by atoms with Crippen LogP contribution in [0, 0.1) is 17.3 Å². The highest BCUT2D eigenvalue weighted by atomic mass is 15.4. The predicted octanol–water partition coefficient (Wildman–Crippen LogP) is 10.5. The molecule has 0 spiro atoms. The van der Waals surface area contributed by atoms with Gasteiger partial charge in [-0.15, -0.1) is 5.10 Å². The fraction of sp³-hybridized carbons (Fsp3) is 0.318. The van der Waals surface area contributed by atoms with E-state index in [2.05, 4.69) is 135 Å². The smallest absolute Gasteiger partial charge is 0.250 e. The highest BCUT2D eigenvalue weighted by Gasteiger charge is 2.49. The molecule has 4 nitrogen and oxygen atoms in total. The van der Waals surface area contributed by atoms with Gasteiger partial charge in [-0.2, -0.15) is 4.98 Å². The maximum absolute atomic E-state index is 5.23. The molecule has 2 aromatic carbocycles. The number of fused-ring (bicyclic) bond motifs is 8. The molecule has 0 saturated heterocycles. The third-order valence-electron chi connectivity index (χ3n) is 12.6. The molecule has 1 N–H and O–H groups in total. The first kappa shape index (κ1) is 28.3. The Morgan fingerprint density at radius 1 is 0.896 bits per heavy atom. The molecule has 0 bridgehead atoms. The second kappa shape index (κ2) is 9.92. The summed E-state index contributed by atoms with van der Waals surface area (Å²) < 4.78 is 0. The molecule has 0 amide bonds. The number of allylic oxidation sites excluding steroid dienone is 14. The standard InChI is InChI=1S/C44H42N4/c1-43(2)35-17-8-5-12-29(35)31-22-21-27(24-37(31)43)41-45-42(47-46-41)48-38-19-10-7-14-32(38)33-23-20-26(25-39(33)48)28-15-11-16-34-30-13-6-9-18-36(30)44(3,4)40(28)34/h5-7,9-10,12-14,16,18-24,30,36,39H,8,11,15,17,25H2,1-4H3,(H,45,46,47). The quantitative estimate of drug-likeness (QED) is 0.315. The number of aromatic nitrogens is 3. The summed E-state index contributed by atoms with van der Waals surface area (Å²) >= 11 is 0. The molecule has 3 aromatic rings. The third-order valence-corrected chi connectivity index (χ3v) is 12.6. The molecule has 0 radical (unpaired) electrons. The Hall–Kier alpha value is -4.70. The summed E-state index contributed by atoms with van der Waals surface area (Å²) in [6, 6.07) is 15.8. The molecule has 10 rings (SSSR count). The first-order chi connectivity index (χ1) is 23.3. The average molecular weight is 627 g/mol. The lowest BCUT2D eigenvalue weighted by atomic mass is 9.72. The van der Waals surface area contributed by atoms with Gasteiger partial charge in [0.2, 0.25) is 5.95 Å². The summed E-state index contributed by atoms with van der Waals surface area (Å²) in [5.41, 5.74) is 17.0. The van der Waals surface area contributed by atoms with Crippen molar-refractivity contribution < 1.29 is 0 Å². The Kier molecular flexibility index (Phi) is 5.85. The maximum Gasteiger partial charge on any atom is 0.250 e. The van der Waals surface area contributed by atoms with E-state index in [1.165, 1.54) is 39.1 Å². The van der Waals surface area contributed by atoms with Crippen molar-refractivity contribution in [3.05, 3.63) is 142 Å². The van der Waals surface area contributed by atoms with Crippen LogP contribution in [0.4, 0.5) is 11.6 Å². The number of H-pyrrole nitrogens is 1. The maximum atomic E-state index is 5.23. The summed E-state index contributed by atoms with van der Waals surface area (Å²) in [6.45, 7) is 9.69. The van der Waals surface area contributed by atoms with E-state index in [-0.39, 0.29) is 16.9 Å². The molecule has 3 unspecified atom stereocenters. The Morgan fingerprint density at radius 2 is 1.77 bits per heavy atom. The van der Waals surface area contributed by atoms with Crippen molar-refractivity contribution in [1.82, 2.24) is 15.2 Å². The Morgan fingerprint density at radius 3 is 2.69 bits per heavy atom. The van der Waals surface area contributed by atoms with Crippen molar-refractivity contribution in [2.75, 3.05) is 4.90 Å². The Balaban J connectivity index is 1.02. The normalized spacial score (nSPS) is 26.8. The lowest BCUT2D eigenvalue weighted by molar-refractivity contribution is 0.332. The zero-order chi connectivity index (χ0) is 32.4. The van der Waals surface area contributed by atoms with Gasteiger partial charge in [0.25, 0.3) is 0 Å². The third kappa shape index (κ3) is 3.77. The van der Waals surface area contributed by atoms with Gasteiger partial charge in [-0.05, 0) is 100 Å². The average Bonchev–Trinajstić information content (AvgIpc) is 3.84. The molecule has 1 fully saturated rings. The molecular formula is C44H42N4. The highest BCUT2D eigenvalue weighted by molar-refractivity contribution is 5.93. The van der Waals surface area contributed by atoms with E-state index in [0.717, 1.165) is 49.4 Å². The molecule has 6 aliphatic carbocycles. The van der Waals surface area contributed by atoms with E-state index in [4.69, 9.17) is 10.1 Å². The Bertz CT molecular complexity index is 2180. The minimum atomic E-state index is 0.0226. The van der Waals surface area contributed by atoms with Crippen LogP contribution in [0.25, 0.3) is 22.5 Å². The van der Waals surface area contributed by atoms with Crippen LogP contribution in [-0.4, -0.2) is 21.2 Å². The number of aromatic amines is 1. The van der Waals surface area contributed by atoms with Gasteiger partial charge < -0.3 is 4.90 Å². The van der Waals surface area contributed by atoms with Crippen LogP contribution in [0.1, 0.15) is 76.5 Å². The van der Waals surface area contributed by atoms with E-state index in [1.54, 1.807) is 22.3 Å². The van der Waals surface area contributed by atoms with Crippen LogP contribution in [-0.2, 0) is 5.41 Å². The second-order valence-corrected chi connectivity index (χ2v) is 15.7. The summed E-state index contributed by atoms with van der Waals surface area (Å²) in [7, 11) is 0. The zero-order valence-electron chi connectivity index (χ0n) is 28.3. The minimum Gasteiger partial charge on any atom is -0.301 e. The van der Waals surface area contributed by atoms with Crippen LogP contribution in [0.15, 0.2) is 125 Å². The predicted molar refractivity (Wildman–Crippen MR) is 197 cm³/mol. The molecule has 48 heavy (non-hydrogen) atoms. The topological polar surface area (TPSA) is 44.8 Å². The fourth-order valence-corrected chi connectivity index (χ4v) is 10.3. The van der Waals surface area contributed by atoms with Crippen molar-refractivity contribution in [1.29, 1.82) is 0 Å². The molecule has 7 aliphatic rings. The van der Waals surface area contributed by atoms with Crippen molar-refractivity contribution in [2.24, 2.45) is 17.3 Å². The molecular weight excluding hydrogens is 585 g/mol. The van der Waals surface area contributed by atoms with Crippen molar-refractivity contribution in [3.8, 4) is 11.4 Å². The van der Waals surface area contributed by atoms with Crippen LogP contribution >= 0.6 is 0 Å². The zero-order valence-corrected chi connectivity index (χ0v) is 28.3. The number of para-hydroxylation sites is 1. The van der Waals surface area contributed by atoms with Gasteiger partial charge in [0.05, 0.1) is 11.7 Å². The summed E-state index contributed by atoms with van der Waals surface area (Å²) in [5, 5.41) is 8.27. The van der Waals surface area contributed by atoms with Crippen molar-refractivity contribution >= 4 is 22.8 Å². The van der Waals surface area contributed by atoms with E-state index >= 15 is 0 Å². The Labute approximate surface area is 283 Å². The van der Waals surface area contributed by atoms with Gasteiger partial charge in [-0.25, -0.2) is 0 Å². The monoisotopic (exact) mass is 626 g/mol. The number of rotatable bonds is 3. The molecule has 3 atom stereocenters. The van der Waals surface area contributed by atoms with E-state index in [9.17, 15) is 0 Å². The number of nitrogens with zero attached hydrogens (tertiary/aromatic N) is 3. The first-order valence-electron chi connectivity index (χ1n) is 17.9. The largest absolute Gasteiger partial charge is 0.301 e. The number of hydrogen-bond donors (Lipinski definition) is 1. The highest BCUT2D eigenvalue weighted by Crippen LogP contribution is 2.60. The summed E-state index contributed by atoms with van der Waals surface area (Å²) in [6.07, 6.45) is 26.8. The second-order valence-electron chi connectivity index (χ2n) is 15.7. The number of nitrogens with one attached hydrogen (secondary N) is 1. The summed E-state index contributed by atoms with van der Waals surface area (Å²) in [5.74, 6) is 2.59. The molecule has 4 heteroatoms. The van der Waals surface area contributed by atoms with Gasteiger partial charge >= 0.3 is 0 Å². The van der Waals surface area contributed by atoms with Gasteiger partial charge in [0, 0.05) is 22.5 Å². The lowest BCUT2D eigenvalue weighted by Crippen LogP contribution is -2.30.